The summed E-state index contributed by atoms with van der Waals surface area (Å²) in [5, 5.41) is 35.6. The van der Waals surface area contributed by atoms with Crippen molar-refractivity contribution in [3.8, 4) is 0 Å². The molecule has 0 aromatic carbocycles. The zero-order valence-corrected chi connectivity index (χ0v) is 94.8. The highest BCUT2D eigenvalue weighted by Gasteiger charge is 2.49. The second-order valence-electron chi connectivity index (χ2n) is 52.0. The maximum absolute atomic E-state index is 6.24. The standard InChI is InChI=1S/C111H215N27/c1-31-37-67-133(85-73-100(7,8)125-101(9,10)74-85)94-116-91(117-95(122-94)134(68-38-32-2)86-75-102(11,12)126-103(13,14)76-86)113-58-54-64-131(63-53-57-112)61-51-49-47-45-43-44-46-48-50-52-62-132(65-55-59-114-92-118-96(135(69-39-33-3)87-77-104(15,16)127-105(17,18)78-87)123-97(119-92)136(70-40-34-4)88-79-106(19,20)128-107(21,22)80-88)66-56-60-115-93-120-98(137(71-41-35-5)89-81-108(23,24)129-109(25,26)82-89)124-99(121-93)138(72-42-36-6)90-83-110(27,28)130-111(29,30)84-90/h85-90,125-130H,31-84,112H2,1-30H3,(H,113,116,117,122)(H,114,118,119,123)(H,115,120,121,124). The summed E-state index contributed by atoms with van der Waals surface area (Å²) < 4.78 is 0. The molecule has 6 saturated heterocycles. The van der Waals surface area contributed by atoms with Crippen molar-refractivity contribution in [1.29, 1.82) is 0 Å². The van der Waals surface area contributed by atoms with Gasteiger partial charge in [0.1, 0.15) is 0 Å². The van der Waals surface area contributed by atoms with Crippen LogP contribution in [0.5, 0.6) is 0 Å². The minimum absolute atomic E-state index is 0.0154. The first kappa shape index (κ1) is 116. The van der Waals surface area contributed by atoms with E-state index in [2.05, 4.69) is 295 Å². The molecule has 794 valence electrons. The van der Waals surface area contributed by atoms with Crippen molar-refractivity contribution >= 4 is 53.5 Å². The smallest absolute Gasteiger partial charge is 0.232 e. The third-order valence-corrected chi connectivity index (χ3v) is 30.2. The lowest BCUT2D eigenvalue weighted by atomic mass is 9.79. The van der Waals surface area contributed by atoms with Crippen molar-refractivity contribution in [2.45, 2.75) is 554 Å². The second kappa shape index (κ2) is 52.3. The molecular formula is C111H215N27. The molecule has 3 aromatic rings. The summed E-state index contributed by atoms with van der Waals surface area (Å²) in [4.78, 5) is 70.8. The third kappa shape index (κ3) is 38.7. The van der Waals surface area contributed by atoms with Crippen LogP contribution >= 0.6 is 0 Å². The highest BCUT2D eigenvalue weighted by molar-refractivity contribution is 5.51. The van der Waals surface area contributed by atoms with Gasteiger partial charge < -0.3 is 92.8 Å². The summed E-state index contributed by atoms with van der Waals surface area (Å²) >= 11 is 0. The van der Waals surface area contributed by atoms with Gasteiger partial charge >= 0.3 is 0 Å². The fourth-order valence-electron chi connectivity index (χ4n) is 26.2. The van der Waals surface area contributed by atoms with E-state index in [9.17, 15) is 0 Å². The lowest BCUT2D eigenvalue weighted by Gasteiger charge is -2.50. The second-order valence-corrected chi connectivity index (χ2v) is 52.0. The predicted molar refractivity (Wildman–Crippen MR) is 591 cm³/mol. The number of unbranched alkanes of at least 4 members (excludes halogenated alkanes) is 15. The van der Waals surface area contributed by atoms with E-state index in [0.717, 1.165) is 314 Å². The van der Waals surface area contributed by atoms with Gasteiger partial charge in [-0.05, 0) is 366 Å². The van der Waals surface area contributed by atoms with Crippen LogP contribution in [0, 0.1) is 0 Å². The molecule has 9 rings (SSSR count). The average Bonchev–Trinajstić information content (AvgIpc) is 0.777. The molecule has 0 radical (unpaired) electrons. The van der Waals surface area contributed by atoms with Crippen LogP contribution in [0.25, 0.3) is 0 Å². The molecule has 11 N–H and O–H groups in total. The van der Waals surface area contributed by atoms with Gasteiger partial charge in [-0.2, -0.15) is 44.9 Å². The fourth-order valence-corrected chi connectivity index (χ4v) is 26.2. The van der Waals surface area contributed by atoms with E-state index in [4.69, 9.17) is 50.6 Å². The average molecular weight is 1930 g/mol. The summed E-state index contributed by atoms with van der Waals surface area (Å²) in [7, 11) is 0. The zero-order valence-electron chi connectivity index (χ0n) is 94.8. The highest BCUT2D eigenvalue weighted by atomic mass is 15.4. The van der Waals surface area contributed by atoms with Gasteiger partial charge in [-0.1, -0.05) is 131 Å². The molecule has 0 aliphatic carbocycles. The van der Waals surface area contributed by atoms with Crippen LogP contribution < -0.4 is 83.0 Å². The molecule has 27 heteroatoms. The number of rotatable bonds is 61. The number of anilines is 9. The normalized spacial score (nSPS) is 21.2. The number of nitrogens with zero attached hydrogens (tertiary/aromatic N) is 17. The molecule has 0 bridgehead atoms. The Bertz CT molecular complexity index is 3550. The Kier molecular flexibility index (Phi) is 44.1. The third-order valence-electron chi connectivity index (χ3n) is 30.2. The summed E-state index contributed by atoms with van der Waals surface area (Å²) in [5.74, 6) is 7.05. The molecule has 0 unspecified atom stereocenters. The van der Waals surface area contributed by atoms with Gasteiger partial charge in [0.2, 0.25) is 53.5 Å². The van der Waals surface area contributed by atoms with E-state index >= 15 is 0 Å². The first-order valence-electron chi connectivity index (χ1n) is 56.8. The van der Waals surface area contributed by atoms with Gasteiger partial charge in [-0.15, -0.1) is 0 Å². The minimum atomic E-state index is -0.0396. The van der Waals surface area contributed by atoms with Crippen molar-refractivity contribution in [3.63, 3.8) is 0 Å². The molecule has 6 aliphatic heterocycles. The van der Waals surface area contributed by atoms with Gasteiger partial charge in [0.15, 0.2) is 0 Å². The minimum Gasteiger partial charge on any atom is -0.354 e. The van der Waals surface area contributed by atoms with Crippen LogP contribution in [0.1, 0.15) is 452 Å². The predicted octanol–water partition coefficient (Wildman–Crippen LogP) is 21.4. The van der Waals surface area contributed by atoms with E-state index in [1.165, 1.54) is 64.2 Å². The van der Waals surface area contributed by atoms with Gasteiger partial charge in [0, 0.05) is 162 Å². The molecule has 138 heavy (non-hydrogen) atoms. The molecule has 3 aromatic heterocycles. The van der Waals surface area contributed by atoms with Crippen molar-refractivity contribution in [2.75, 3.05) is 150 Å². The van der Waals surface area contributed by atoms with Crippen LogP contribution in [-0.4, -0.2) is 262 Å². The van der Waals surface area contributed by atoms with Gasteiger partial charge in [0.05, 0.1) is 0 Å². The van der Waals surface area contributed by atoms with E-state index in [1.54, 1.807) is 0 Å². The quantitative estimate of drug-likeness (QED) is 0.0235. The van der Waals surface area contributed by atoms with E-state index < -0.39 is 0 Å². The molecular weight excluding hydrogens is 1710 g/mol. The van der Waals surface area contributed by atoms with Gasteiger partial charge in [-0.25, -0.2) is 0 Å². The largest absolute Gasteiger partial charge is 0.354 e. The molecule has 27 nitrogen and oxygen atoms in total. The molecule has 6 fully saturated rings. The SMILES string of the molecule is CCCCN(c1nc(NCCCN(CCCN)CCCCCCCCCCCCN(CCCNc2nc(N(CCCC)C3CC(C)(C)NC(C)(C)C3)nc(N(CCCC)C3CC(C)(C)NC(C)(C)C3)n2)CCCNc2nc(N(CCCC)C3CC(C)(C)NC(C)(C)C3)nc(N(CCCC)C3CC(C)(C)NC(C)(C)C3)n2)nc(N(CCCC)C2CC(C)(C)NC(C)(C)C2)n1)C1CC(C)(C)NC(C)(C)C1. The first-order valence-corrected chi connectivity index (χ1v) is 56.8. The van der Waals surface area contributed by atoms with Gasteiger partial charge in [-0.3, -0.25) is 0 Å². The Hall–Kier alpha value is -5.13. The molecule has 0 spiro atoms. The summed E-state index contributed by atoms with van der Waals surface area (Å²) in [6.07, 6.45) is 42.0. The highest BCUT2D eigenvalue weighted by Crippen LogP contribution is 2.43. The maximum atomic E-state index is 6.24. The van der Waals surface area contributed by atoms with Crippen LogP contribution in [-0.2, 0) is 0 Å². The Morgan fingerprint density at radius 3 is 0.522 bits per heavy atom. The molecule has 0 atom stereocenters. The number of piperidine rings is 6. The summed E-state index contributed by atoms with van der Waals surface area (Å²) in [5.41, 5.74) is 5.86. The Balaban J connectivity index is 0.874. The van der Waals surface area contributed by atoms with Crippen LogP contribution in [0.4, 0.5) is 53.5 Å². The Morgan fingerprint density at radius 2 is 0.362 bits per heavy atom. The number of hydrogen-bond acceptors (Lipinski definition) is 27. The van der Waals surface area contributed by atoms with E-state index in [1.807, 2.05) is 0 Å². The summed E-state index contributed by atoms with van der Waals surface area (Å²) in [6, 6.07) is 1.71. The lowest BCUT2D eigenvalue weighted by molar-refractivity contribution is 0.156. The fraction of sp³-hybridized carbons (Fsp3) is 0.919. The number of hydrogen-bond donors (Lipinski definition) is 10. The number of aromatic nitrogens is 9. The Labute approximate surface area is 845 Å². The number of nitrogens with one attached hydrogen (secondary N) is 9. The first-order chi connectivity index (χ1) is 64.8. The summed E-state index contributed by atoms with van der Waals surface area (Å²) in [6.45, 7) is 85.5. The molecule has 0 amide bonds. The molecule has 6 aliphatic rings. The van der Waals surface area contributed by atoms with Crippen LogP contribution in [0.2, 0.25) is 0 Å². The van der Waals surface area contributed by atoms with E-state index in [-0.39, 0.29) is 90.6 Å². The van der Waals surface area contributed by atoms with Crippen molar-refractivity contribution in [3.05, 3.63) is 0 Å². The monoisotopic (exact) mass is 1930 g/mol. The molecule has 9 heterocycles. The van der Waals surface area contributed by atoms with Crippen molar-refractivity contribution in [1.82, 2.24) is 86.6 Å². The van der Waals surface area contributed by atoms with Crippen LogP contribution in [0.3, 0.4) is 0 Å². The lowest BCUT2D eigenvalue weighted by Crippen LogP contribution is -2.63. The van der Waals surface area contributed by atoms with Crippen molar-refractivity contribution < 1.29 is 0 Å². The van der Waals surface area contributed by atoms with Crippen molar-refractivity contribution in [2.24, 2.45) is 5.73 Å². The topological polar surface area (TPSA) is 276 Å². The zero-order chi connectivity index (χ0) is 101. The van der Waals surface area contributed by atoms with E-state index in [0.29, 0.717) is 36.5 Å². The maximum Gasteiger partial charge on any atom is 0.232 e. The van der Waals surface area contributed by atoms with Crippen LogP contribution in [0.15, 0.2) is 0 Å². The van der Waals surface area contributed by atoms with Gasteiger partial charge in [0.25, 0.3) is 0 Å². The number of nitrogens with two attached hydrogens (primary N) is 1. The molecule has 0 saturated carbocycles. The Morgan fingerprint density at radius 1 is 0.210 bits per heavy atom.